The maximum absolute atomic E-state index is 9.22. The Morgan fingerprint density at radius 1 is 1.05 bits per heavy atom. The van der Waals surface area contributed by atoms with Gasteiger partial charge in [-0.15, -0.1) is 0 Å². The van der Waals surface area contributed by atoms with Gasteiger partial charge in [0.05, 0.1) is 5.52 Å². The van der Waals surface area contributed by atoms with Crippen molar-refractivity contribution < 1.29 is 5.11 Å². The topological polar surface area (TPSA) is 33.1 Å². The zero-order valence-corrected chi connectivity index (χ0v) is 11.9. The first-order chi connectivity index (χ1) is 9.11. The predicted molar refractivity (Wildman–Crippen MR) is 80.2 cm³/mol. The zero-order valence-electron chi connectivity index (χ0n) is 11.9. The van der Waals surface area contributed by atoms with E-state index in [0.717, 1.165) is 31.2 Å². The van der Waals surface area contributed by atoms with Gasteiger partial charge in [0.15, 0.2) is 0 Å². The monoisotopic (exact) mass is 257 g/mol. The van der Waals surface area contributed by atoms with Crippen LogP contribution in [-0.2, 0) is 6.42 Å². The van der Waals surface area contributed by atoms with Gasteiger partial charge in [-0.25, -0.2) is 0 Å². The first-order valence-electron chi connectivity index (χ1n) is 7.06. The van der Waals surface area contributed by atoms with E-state index in [0.29, 0.717) is 0 Å². The Morgan fingerprint density at radius 3 is 2.63 bits per heavy atom. The van der Waals surface area contributed by atoms with Gasteiger partial charge in [-0.2, -0.15) is 0 Å². The largest absolute Gasteiger partial charge is 0.396 e. The number of aliphatic hydroxyl groups excluding tert-OH is 1. The highest BCUT2D eigenvalue weighted by Crippen LogP contribution is 2.22. The molecular weight excluding hydrogens is 234 g/mol. The van der Waals surface area contributed by atoms with E-state index < -0.39 is 0 Å². The van der Waals surface area contributed by atoms with E-state index in [2.05, 4.69) is 43.1 Å². The van der Waals surface area contributed by atoms with Gasteiger partial charge >= 0.3 is 0 Å². The lowest BCUT2D eigenvalue weighted by molar-refractivity contribution is 0.147. The van der Waals surface area contributed by atoms with Gasteiger partial charge in [-0.1, -0.05) is 44.5 Å². The molecule has 0 saturated heterocycles. The number of benzene rings is 1. The molecule has 19 heavy (non-hydrogen) atoms. The molecule has 0 aliphatic carbocycles. The molecule has 2 rings (SSSR count). The first-order valence-corrected chi connectivity index (χ1v) is 7.06. The smallest absolute Gasteiger partial charge is 0.0705 e. The SMILES string of the molecule is CC(C)(CO)CCCCc1ccc2ccccc2n1. The summed E-state index contributed by atoms with van der Waals surface area (Å²) in [6.45, 7) is 4.49. The van der Waals surface area contributed by atoms with Crippen molar-refractivity contribution in [3.63, 3.8) is 0 Å². The second-order valence-electron chi connectivity index (χ2n) is 6.02. The Kier molecular flexibility index (Phi) is 4.54. The van der Waals surface area contributed by atoms with E-state index in [1.807, 2.05) is 12.1 Å². The summed E-state index contributed by atoms with van der Waals surface area (Å²) in [5, 5.41) is 10.4. The molecule has 0 spiro atoms. The van der Waals surface area contributed by atoms with Crippen LogP contribution in [0.25, 0.3) is 10.9 Å². The van der Waals surface area contributed by atoms with E-state index in [-0.39, 0.29) is 12.0 Å². The highest BCUT2D eigenvalue weighted by molar-refractivity contribution is 5.78. The van der Waals surface area contributed by atoms with E-state index in [1.54, 1.807) is 0 Å². The summed E-state index contributed by atoms with van der Waals surface area (Å²) in [6, 6.07) is 12.5. The summed E-state index contributed by atoms with van der Waals surface area (Å²) in [7, 11) is 0. The van der Waals surface area contributed by atoms with E-state index >= 15 is 0 Å². The van der Waals surface area contributed by atoms with Gasteiger partial charge in [0.25, 0.3) is 0 Å². The first kappa shape index (κ1) is 14.0. The van der Waals surface area contributed by atoms with Crippen LogP contribution in [0, 0.1) is 5.41 Å². The molecule has 0 aliphatic heterocycles. The van der Waals surface area contributed by atoms with Gasteiger partial charge in [0, 0.05) is 17.7 Å². The Balaban J connectivity index is 1.88. The number of pyridine rings is 1. The minimum atomic E-state index is 0.0524. The molecule has 2 heteroatoms. The number of rotatable bonds is 6. The Morgan fingerprint density at radius 2 is 1.84 bits per heavy atom. The number of aromatic nitrogens is 1. The molecule has 2 nitrogen and oxygen atoms in total. The van der Waals surface area contributed by atoms with Crippen LogP contribution in [-0.4, -0.2) is 16.7 Å². The van der Waals surface area contributed by atoms with Crippen molar-refractivity contribution in [2.45, 2.75) is 39.5 Å². The third-order valence-electron chi connectivity index (χ3n) is 3.62. The summed E-state index contributed by atoms with van der Waals surface area (Å²) in [5.74, 6) is 0. The molecule has 102 valence electrons. The molecule has 0 unspecified atom stereocenters. The van der Waals surface area contributed by atoms with Crippen LogP contribution >= 0.6 is 0 Å². The number of hydrogen-bond donors (Lipinski definition) is 1. The summed E-state index contributed by atoms with van der Waals surface area (Å²) >= 11 is 0. The maximum Gasteiger partial charge on any atom is 0.0705 e. The third-order valence-corrected chi connectivity index (χ3v) is 3.62. The van der Waals surface area contributed by atoms with Crippen LogP contribution < -0.4 is 0 Å². The second-order valence-corrected chi connectivity index (χ2v) is 6.02. The molecule has 0 aliphatic rings. The summed E-state index contributed by atoms with van der Waals surface area (Å²) in [4.78, 5) is 4.68. The van der Waals surface area contributed by atoms with Crippen molar-refractivity contribution >= 4 is 10.9 Å². The molecule has 1 aromatic carbocycles. The fourth-order valence-electron chi connectivity index (χ4n) is 2.24. The Hall–Kier alpha value is -1.41. The normalized spacial score (nSPS) is 11.9. The fourth-order valence-corrected chi connectivity index (χ4v) is 2.24. The molecule has 1 aromatic heterocycles. The quantitative estimate of drug-likeness (QED) is 0.794. The number of fused-ring (bicyclic) bond motifs is 1. The highest BCUT2D eigenvalue weighted by Gasteiger charge is 2.15. The molecule has 0 atom stereocenters. The lowest BCUT2D eigenvalue weighted by atomic mass is 9.88. The summed E-state index contributed by atoms with van der Waals surface area (Å²) in [6.07, 6.45) is 4.36. The summed E-state index contributed by atoms with van der Waals surface area (Å²) < 4.78 is 0. The van der Waals surface area contributed by atoms with Crippen molar-refractivity contribution in [2.24, 2.45) is 5.41 Å². The van der Waals surface area contributed by atoms with Gasteiger partial charge in [-0.05, 0) is 36.8 Å². The number of hydrogen-bond acceptors (Lipinski definition) is 2. The molecular formula is C17H23NO. The van der Waals surface area contributed by atoms with Crippen LogP contribution in [0.3, 0.4) is 0 Å². The van der Waals surface area contributed by atoms with Crippen LogP contribution in [0.1, 0.15) is 38.8 Å². The Labute approximate surface area is 115 Å². The molecule has 0 fully saturated rings. The standard InChI is InChI=1S/C17H23NO/c1-17(2,13-19)12-6-5-8-15-11-10-14-7-3-4-9-16(14)18-15/h3-4,7,9-11,19H,5-6,8,12-13H2,1-2H3. The van der Waals surface area contributed by atoms with Gasteiger partial charge in [0.1, 0.15) is 0 Å². The van der Waals surface area contributed by atoms with Gasteiger partial charge < -0.3 is 5.11 Å². The minimum Gasteiger partial charge on any atom is -0.396 e. The van der Waals surface area contributed by atoms with Gasteiger partial charge in [0.2, 0.25) is 0 Å². The van der Waals surface area contributed by atoms with Crippen LogP contribution in [0.15, 0.2) is 36.4 Å². The lowest BCUT2D eigenvalue weighted by Gasteiger charge is -2.20. The lowest BCUT2D eigenvalue weighted by Crippen LogP contribution is -2.16. The van der Waals surface area contributed by atoms with Crippen molar-refractivity contribution in [3.8, 4) is 0 Å². The maximum atomic E-state index is 9.22. The van der Waals surface area contributed by atoms with Crippen LogP contribution in [0.5, 0.6) is 0 Å². The predicted octanol–water partition coefficient (Wildman–Crippen LogP) is 3.97. The van der Waals surface area contributed by atoms with E-state index in [9.17, 15) is 5.11 Å². The third kappa shape index (κ3) is 4.03. The van der Waals surface area contributed by atoms with Crippen molar-refractivity contribution in [1.82, 2.24) is 4.98 Å². The molecule has 0 amide bonds. The van der Waals surface area contributed by atoms with Crippen LogP contribution in [0.4, 0.5) is 0 Å². The molecule has 1 N–H and O–H groups in total. The zero-order chi connectivity index (χ0) is 13.7. The molecule has 1 heterocycles. The average molecular weight is 257 g/mol. The van der Waals surface area contributed by atoms with E-state index in [4.69, 9.17) is 0 Å². The minimum absolute atomic E-state index is 0.0524. The van der Waals surface area contributed by atoms with E-state index in [1.165, 1.54) is 11.1 Å². The fraction of sp³-hybridized carbons (Fsp3) is 0.471. The molecule has 2 aromatic rings. The molecule has 0 radical (unpaired) electrons. The highest BCUT2D eigenvalue weighted by atomic mass is 16.3. The number of aliphatic hydroxyl groups is 1. The Bertz CT molecular complexity index is 534. The van der Waals surface area contributed by atoms with Crippen molar-refractivity contribution in [1.29, 1.82) is 0 Å². The average Bonchev–Trinajstić information content (AvgIpc) is 2.43. The van der Waals surface area contributed by atoms with Gasteiger partial charge in [-0.3, -0.25) is 4.98 Å². The second kappa shape index (κ2) is 6.16. The molecule has 0 saturated carbocycles. The number of nitrogens with zero attached hydrogens (tertiary/aromatic N) is 1. The summed E-state index contributed by atoms with van der Waals surface area (Å²) in [5.41, 5.74) is 2.30. The number of unbranched alkanes of at least 4 members (excludes halogenated alkanes) is 1. The number of aryl methyl sites for hydroxylation is 1. The van der Waals surface area contributed by atoms with Crippen molar-refractivity contribution in [3.05, 3.63) is 42.1 Å². The number of para-hydroxylation sites is 1. The van der Waals surface area contributed by atoms with Crippen molar-refractivity contribution in [2.75, 3.05) is 6.61 Å². The van der Waals surface area contributed by atoms with Crippen LogP contribution in [0.2, 0.25) is 0 Å². The molecule has 0 bridgehead atoms.